The van der Waals surface area contributed by atoms with Crippen molar-refractivity contribution in [1.82, 2.24) is 4.58 Å². The number of methoxy groups -OCH3 is 1. The van der Waals surface area contributed by atoms with E-state index >= 15 is 0 Å². The number of nitrogens with zero attached hydrogens (tertiary/aromatic N) is 2. The van der Waals surface area contributed by atoms with Crippen LogP contribution in [0.4, 0.5) is 5.69 Å². The number of hydrogen-bond donors (Lipinski definition) is 4. The first-order valence-electron chi connectivity index (χ1n) is 24.9. The maximum atomic E-state index is 12.7. The van der Waals surface area contributed by atoms with Gasteiger partial charge in [-0.15, -0.1) is 0 Å². The molecule has 2 aromatic rings. The largest absolute Gasteiger partial charge is 1.00 e. The van der Waals surface area contributed by atoms with Gasteiger partial charge in [0, 0.05) is 60.3 Å². The van der Waals surface area contributed by atoms with Crippen LogP contribution >= 0.6 is 0 Å². The average molecular weight is 1200 g/mol. The van der Waals surface area contributed by atoms with Gasteiger partial charge in [-0.05, 0) is 104 Å². The molecule has 0 bridgehead atoms. The van der Waals surface area contributed by atoms with Gasteiger partial charge in [0.05, 0.1) is 67.0 Å². The third-order valence-corrected chi connectivity index (χ3v) is 16.0. The first-order valence-corrected chi connectivity index (χ1v) is 31.0. The number of carbonyl (C=O) groups excluding carboxylic acids is 1. The van der Waals surface area contributed by atoms with Gasteiger partial charge < -0.3 is 33.0 Å². The van der Waals surface area contributed by atoms with Gasteiger partial charge >= 0.3 is 65.1 Å². The summed E-state index contributed by atoms with van der Waals surface area (Å²) < 4.78 is 169. The zero-order valence-electron chi connectivity index (χ0n) is 46.0. The maximum Gasteiger partial charge on any atom is 1.00 e. The van der Waals surface area contributed by atoms with Crippen molar-refractivity contribution in [2.75, 3.05) is 89.4 Å². The Bertz CT molecular complexity index is 3220. The summed E-state index contributed by atoms with van der Waals surface area (Å²) in [5, 5.41) is 0.710. The number of allylic oxidation sites excluding steroid dienone is 3. The summed E-state index contributed by atoms with van der Waals surface area (Å²) in [6.07, 6.45) is 7.28. The third-order valence-electron chi connectivity index (χ3n) is 12.6. The number of ether oxygens (including phenoxy) is 5. The SMILES string of the molecule is COCCOCCOCCOCC[N+](CCCS(=O)(=O)O)=c1ccc2c(/C=C/C=C3\N(CCCCCC(=O)Oc4ccc(S(=O)(=O)O)cc4)c4ccc(S(=O)(=O)O)cc4C3(C)CCCS(=O)(=O)O)cc(C(C)(C)C)oc-2c1.[Na+].[Na+]. The molecule has 0 spiro atoms. The van der Waals surface area contributed by atoms with E-state index in [0.717, 1.165) is 23.3 Å². The minimum absolute atomic E-state index is 0. The third kappa shape index (κ3) is 22.7. The number of esters is 1. The van der Waals surface area contributed by atoms with E-state index < -0.39 is 68.8 Å². The van der Waals surface area contributed by atoms with Crippen LogP contribution in [0.5, 0.6) is 5.75 Å². The van der Waals surface area contributed by atoms with Gasteiger partial charge in [0.15, 0.2) is 6.54 Å². The summed E-state index contributed by atoms with van der Waals surface area (Å²) in [5.74, 6) is -0.315. The molecule has 3 aliphatic rings. The van der Waals surface area contributed by atoms with Gasteiger partial charge in [0.2, 0.25) is 5.36 Å². The molecule has 21 nitrogen and oxygen atoms in total. The quantitative estimate of drug-likeness (QED) is 0.0133. The maximum absolute atomic E-state index is 12.7. The van der Waals surface area contributed by atoms with Crippen molar-refractivity contribution in [1.29, 1.82) is 0 Å². The molecule has 4 N–H and O–H groups in total. The molecule has 1 unspecified atom stereocenters. The monoisotopic (exact) mass is 1200 g/mol. The van der Waals surface area contributed by atoms with E-state index in [1.807, 2.05) is 79.7 Å². The van der Waals surface area contributed by atoms with Crippen molar-refractivity contribution < 1.29 is 144 Å². The molecule has 2 aromatic carbocycles. The van der Waals surface area contributed by atoms with Crippen LogP contribution in [0.1, 0.15) is 89.5 Å². The fourth-order valence-electron chi connectivity index (χ4n) is 8.70. The number of unbranched alkanes of at least 4 members (excludes halogenated alkanes) is 2. The van der Waals surface area contributed by atoms with Crippen LogP contribution < -0.4 is 78.7 Å². The number of hydrogen-bond acceptors (Lipinski definition) is 16. The molecule has 0 amide bonds. The van der Waals surface area contributed by atoms with Crippen molar-refractivity contribution in [3.05, 3.63) is 107 Å². The molecular formula is C52H71N2Na2O19S4+3. The Morgan fingerprint density at radius 2 is 1.29 bits per heavy atom. The van der Waals surface area contributed by atoms with Crippen molar-refractivity contribution in [3.63, 3.8) is 0 Å². The standard InChI is InChI=1S/C52H70N2O19S4.2Na/c1-51(2,3)49-36-39(44-21-15-40(37-47(44)73-49)53(24-11-35-75(59,60)61)26-27-69-30-31-71-33-32-70-29-28-68-5)12-9-13-48-52(4,23-10-34-74(56,57)58)45-38-43(77(65,66)67)20-22-46(45)54(48)25-8-6-7-14-50(55)72-41-16-18-42(19-17-41)76(62,63)64;;/h9,12-13,15-22,36-38H,6-8,10-11,14,23-35H2,1-5H3,(H3-,56,57,58,59,60,61,62,63,64,65,66,67);;/q;2*+1/p+1. The minimum atomic E-state index is -4.67. The average Bonchev–Trinajstić information content (AvgIpc) is 3.56. The molecule has 1 atom stereocenters. The molecule has 79 heavy (non-hydrogen) atoms. The molecule has 1 aliphatic carbocycles. The first-order chi connectivity index (χ1) is 36.1. The van der Waals surface area contributed by atoms with Gasteiger partial charge in [-0.2, -0.15) is 33.7 Å². The van der Waals surface area contributed by atoms with Crippen LogP contribution in [-0.2, 0) is 75.0 Å². The van der Waals surface area contributed by atoms with Gasteiger partial charge in [-0.25, -0.2) is 4.58 Å². The first kappa shape index (κ1) is 70.4. The van der Waals surface area contributed by atoms with Gasteiger partial charge in [-0.1, -0.05) is 39.3 Å². The molecule has 2 aliphatic heterocycles. The van der Waals surface area contributed by atoms with Crippen molar-refractivity contribution in [2.45, 2.75) is 93.3 Å². The minimum Gasteiger partial charge on any atom is -0.460 e. The summed E-state index contributed by atoms with van der Waals surface area (Å²) in [6.45, 7) is 11.5. The Morgan fingerprint density at radius 3 is 1.89 bits per heavy atom. The summed E-state index contributed by atoms with van der Waals surface area (Å²) >= 11 is 0. The van der Waals surface area contributed by atoms with E-state index in [0.29, 0.717) is 106 Å². The van der Waals surface area contributed by atoms with Crippen molar-refractivity contribution in [2.24, 2.45) is 0 Å². The van der Waals surface area contributed by atoms with Crippen molar-refractivity contribution in [3.8, 4) is 17.1 Å². The Kier molecular flexibility index (Phi) is 28.2. The number of carbonyl (C=O) groups is 1. The van der Waals surface area contributed by atoms with E-state index in [9.17, 15) is 56.7 Å². The molecule has 0 saturated carbocycles. The molecule has 0 aromatic heterocycles. The number of anilines is 1. The molecule has 0 fully saturated rings. The van der Waals surface area contributed by atoms with Crippen LogP contribution in [0.25, 0.3) is 17.4 Å². The summed E-state index contributed by atoms with van der Waals surface area (Å²) in [4.78, 5) is 14.0. The molecule has 0 saturated heterocycles. The van der Waals surface area contributed by atoms with Crippen molar-refractivity contribution >= 4 is 58.2 Å². The van der Waals surface area contributed by atoms with Gasteiger partial charge in [0.25, 0.3) is 40.5 Å². The fraction of sp³-hybridized carbons (Fsp3) is 0.500. The molecule has 2 heterocycles. The number of benzene rings is 3. The van der Waals surface area contributed by atoms with E-state index in [-0.39, 0.29) is 113 Å². The summed E-state index contributed by atoms with van der Waals surface area (Å²) in [7, 11) is -16.1. The topological polar surface area (TPSA) is 300 Å². The second-order valence-corrected chi connectivity index (χ2v) is 25.6. The van der Waals surface area contributed by atoms with Crippen LogP contribution in [0, 0.1) is 0 Å². The van der Waals surface area contributed by atoms with Gasteiger partial charge in [-0.3, -0.25) is 23.0 Å². The Balaban J connectivity index is 0.00000820. The Labute approximate surface area is 508 Å². The van der Waals surface area contributed by atoms with Crippen LogP contribution in [0.15, 0.2) is 98.8 Å². The number of fused-ring (bicyclic) bond motifs is 2. The smallest absolute Gasteiger partial charge is 0.460 e. The van der Waals surface area contributed by atoms with E-state index in [1.54, 1.807) is 13.2 Å². The van der Waals surface area contributed by atoms with E-state index in [2.05, 4.69) is 0 Å². The molecular weight excluding hydrogens is 1130 g/mol. The van der Waals surface area contributed by atoms with Crippen LogP contribution in [0.2, 0.25) is 0 Å². The predicted molar refractivity (Wildman–Crippen MR) is 288 cm³/mol. The summed E-state index contributed by atoms with van der Waals surface area (Å²) in [5.41, 5.74) is 1.71. The second kappa shape index (κ2) is 31.7. The van der Waals surface area contributed by atoms with Gasteiger partial charge in [0.1, 0.15) is 30.4 Å². The zero-order chi connectivity index (χ0) is 56.7. The zero-order valence-corrected chi connectivity index (χ0v) is 53.2. The molecule has 5 rings (SSSR count). The van der Waals surface area contributed by atoms with E-state index in [1.165, 1.54) is 24.3 Å². The fourth-order valence-corrected chi connectivity index (χ4v) is 10.7. The Hall–Kier alpha value is -2.90. The molecule has 0 radical (unpaired) electrons. The number of rotatable bonds is 31. The second-order valence-electron chi connectivity index (χ2n) is 19.6. The molecule has 426 valence electrons. The predicted octanol–water partition coefficient (Wildman–Crippen LogP) is 0.439. The normalized spacial score (nSPS) is 16.0. The summed E-state index contributed by atoms with van der Waals surface area (Å²) in [6, 6.07) is 16.5. The Morgan fingerprint density at radius 1 is 0.696 bits per heavy atom. The van der Waals surface area contributed by atoms with E-state index in [4.69, 9.17) is 28.1 Å². The molecule has 27 heteroatoms. The van der Waals surface area contributed by atoms with Crippen LogP contribution in [0.3, 0.4) is 0 Å². The van der Waals surface area contributed by atoms with Crippen LogP contribution in [-0.4, -0.2) is 142 Å².